The van der Waals surface area contributed by atoms with Crippen molar-refractivity contribution >= 4 is 92.9 Å². The number of para-hydroxylation sites is 6. The summed E-state index contributed by atoms with van der Waals surface area (Å²) >= 11 is 0. The minimum absolute atomic E-state index is 0.366. The van der Waals surface area contributed by atoms with Gasteiger partial charge in [0, 0.05) is 71.3 Å². The smallest absolute Gasteiger partial charge is 0.310 e. The maximum absolute atomic E-state index is 15.2. The van der Waals surface area contributed by atoms with Crippen molar-refractivity contribution in [3.63, 3.8) is 0 Å². The molecule has 0 bridgehead atoms. The van der Waals surface area contributed by atoms with Gasteiger partial charge in [-0.1, -0.05) is 121 Å². The number of benzene rings is 10. The first-order chi connectivity index (χ1) is 34.3. The number of hydrogen-bond donors (Lipinski definition) is 0. The predicted molar refractivity (Wildman–Crippen MR) is 280 cm³/mol. The zero-order valence-corrected chi connectivity index (χ0v) is 37.2. The molecule has 8 heteroatoms. The molecule has 0 unspecified atom stereocenters. The molecule has 14 aromatic rings. The lowest BCUT2D eigenvalue weighted by Crippen LogP contribution is -2.08. The molecule has 0 amide bonds. The zero-order chi connectivity index (χ0) is 46.8. The van der Waals surface area contributed by atoms with E-state index in [1.165, 1.54) is 12.1 Å². The highest BCUT2D eigenvalue weighted by Gasteiger charge is 2.33. The highest BCUT2D eigenvalue weighted by Crippen LogP contribution is 2.47. The van der Waals surface area contributed by atoms with E-state index in [2.05, 4.69) is 126 Å². The molecule has 330 valence electrons. The van der Waals surface area contributed by atoms with Crippen LogP contribution in [-0.2, 0) is 6.18 Å². The van der Waals surface area contributed by atoms with Crippen LogP contribution in [0, 0.1) is 6.57 Å². The van der Waals surface area contributed by atoms with Crippen molar-refractivity contribution in [2.24, 2.45) is 0 Å². The fourth-order valence-electron chi connectivity index (χ4n) is 11.2. The number of alkyl halides is 3. The van der Waals surface area contributed by atoms with E-state index in [4.69, 9.17) is 6.57 Å². The van der Waals surface area contributed by atoms with Crippen molar-refractivity contribution in [2.75, 3.05) is 0 Å². The van der Waals surface area contributed by atoms with Crippen LogP contribution >= 0.6 is 0 Å². The van der Waals surface area contributed by atoms with Crippen LogP contribution in [0.25, 0.3) is 126 Å². The minimum Gasteiger partial charge on any atom is -0.310 e. The monoisotopic (exact) mass is 907 g/mol. The third-order valence-electron chi connectivity index (χ3n) is 14.2. The van der Waals surface area contributed by atoms with Gasteiger partial charge in [0.2, 0.25) is 0 Å². The van der Waals surface area contributed by atoms with Crippen molar-refractivity contribution in [3.8, 4) is 33.9 Å². The Morgan fingerprint density at radius 3 is 1.16 bits per heavy atom. The van der Waals surface area contributed by atoms with E-state index in [0.717, 1.165) is 98.6 Å². The van der Waals surface area contributed by atoms with E-state index in [1.807, 2.05) is 91.0 Å². The van der Waals surface area contributed by atoms with Gasteiger partial charge in [-0.3, -0.25) is 0 Å². The lowest BCUT2D eigenvalue weighted by Gasteiger charge is -2.21. The molecular formula is C62H36F3N5. The summed E-state index contributed by atoms with van der Waals surface area (Å²) in [4.78, 5) is 3.90. The van der Waals surface area contributed by atoms with Crippen LogP contribution in [0.15, 0.2) is 218 Å². The number of fused-ring (bicyclic) bond motifs is 12. The maximum atomic E-state index is 15.2. The largest absolute Gasteiger partial charge is 0.416 e. The second-order valence-corrected chi connectivity index (χ2v) is 17.9. The van der Waals surface area contributed by atoms with Gasteiger partial charge in [-0.05, 0) is 97.1 Å². The van der Waals surface area contributed by atoms with Gasteiger partial charge in [-0.25, -0.2) is 4.85 Å². The highest BCUT2D eigenvalue weighted by molar-refractivity contribution is 6.21. The first-order valence-corrected chi connectivity index (χ1v) is 23.1. The Balaban J connectivity index is 1.10. The van der Waals surface area contributed by atoms with Crippen molar-refractivity contribution in [3.05, 3.63) is 235 Å². The number of nitrogens with zero attached hydrogens (tertiary/aromatic N) is 5. The molecule has 0 aliphatic heterocycles. The first-order valence-electron chi connectivity index (χ1n) is 23.1. The van der Waals surface area contributed by atoms with E-state index < -0.39 is 11.7 Å². The van der Waals surface area contributed by atoms with Crippen molar-refractivity contribution in [1.82, 2.24) is 18.3 Å². The van der Waals surface area contributed by atoms with Gasteiger partial charge in [0.1, 0.15) is 0 Å². The molecule has 0 fully saturated rings. The molecule has 5 nitrogen and oxygen atoms in total. The summed E-state index contributed by atoms with van der Waals surface area (Å²) in [7, 11) is 0. The van der Waals surface area contributed by atoms with E-state index in [0.29, 0.717) is 28.2 Å². The first kappa shape index (κ1) is 39.8. The average molecular weight is 908 g/mol. The summed E-state index contributed by atoms with van der Waals surface area (Å²) in [5.74, 6) is 0. The molecule has 0 aliphatic rings. The number of halogens is 3. The Bertz CT molecular complexity index is 4520. The molecule has 0 saturated carbocycles. The van der Waals surface area contributed by atoms with Gasteiger partial charge in [0.25, 0.3) is 0 Å². The molecule has 4 aromatic heterocycles. The van der Waals surface area contributed by atoms with Crippen LogP contribution in [0.5, 0.6) is 0 Å². The van der Waals surface area contributed by atoms with Crippen LogP contribution < -0.4 is 0 Å². The Morgan fingerprint density at radius 2 is 0.714 bits per heavy atom. The van der Waals surface area contributed by atoms with Crippen LogP contribution in [0.2, 0.25) is 0 Å². The molecule has 0 saturated heterocycles. The highest BCUT2D eigenvalue weighted by atomic mass is 19.4. The second-order valence-electron chi connectivity index (χ2n) is 17.9. The standard InChI is InChI=1S/C62H36F3N5/c1-66-39-29-30-46(57(33-39)70-55-27-15-11-23-45(55)51-35-49-43-21-9-13-25-53(43)68(59(49)37-61(51)70)41-18-6-3-7-19-41)47-32-38(62(63,64)65)28-31-56(47)69-54-26-14-10-22-44(54)50-34-48-42-20-8-12-24-52(42)67(58(48)36-60(50)69)40-16-4-2-5-17-40/h2-37H. The van der Waals surface area contributed by atoms with Crippen molar-refractivity contribution in [1.29, 1.82) is 0 Å². The molecule has 0 aliphatic carbocycles. The number of hydrogen-bond acceptors (Lipinski definition) is 0. The summed E-state index contributed by atoms with van der Waals surface area (Å²) in [6.45, 7) is 8.26. The molecule has 0 N–H and O–H groups in total. The normalized spacial score (nSPS) is 12.2. The van der Waals surface area contributed by atoms with E-state index in [9.17, 15) is 0 Å². The zero-order valence-electron chi connectivity index (χ0n) is 37.2. The van der Waals surface area contributed by atoms with Crippen LogP contribution in [0.1, 0.15) is 5.56 Å². The Morgan fingerprint density at radius 1 is 0.314 bits per heavy atom. The minimum atomic E-state index is -4.64. The Kier molecular flexibility index (Phi) is 8.44. The van der Waals surface area contributed by atoms with Crippen molar-refractivity contribution in [2.45, 2.75) is 6.18 Å². The fourth-order valence-corrected chi connectivity index (χ4v) is 11.2. The number of aromatic nitrogens is 4. The van der Waals surface area contributed by atoms with Crippen LogP contribution in [0.3, 0.4) is 0 Å². The Hall–Kier alpha value is -9.32. The third kappa shape index (κ3) is 5.72. The maximum Gasteiger partial charge on any atom is 0.416 e. The Labute approximate surface area is 398 Å². The summed E-state index contributed by atoms with van der Waals surface area (Å²) in [5, 5.41) is 8.30. The van der Waals surface area contributed by atoms with E-state index in [-0.39, 0.29) is 0 Å². The predicted octanol–water partition coefficient (Wildman–Crippen LogP) is 17.3. The third-order valence-corrected chi connectivity index (χ3v) is 14.2. The van der Waals surface area contributed by atoms with E-state index in [1.54, 1.807) is 12.1 Å². The number of rotatable bonds is 5. The molecule has 0 atom stereocenters. The summed E-state index contributed by atoms with van der Waals surface area (Å²) in [6, 6.07) is 71.8. The molecule has 70 heavy (non-hydrogen) atoms. The summed E-state index contributed by atoms with van der Waals surface area (Å²) < 4.78 is 54.4. The topological polar surface area (TPSA) is 24.1 Å². The summed E-state index contributed by atoms with van der Waals surface area (Å²) in [5.41, 5.74) is 11.2. The fraction of sp³-hybridized carbons (Fsp3) is 0.0161. The van der Waals surface area contributed by atoms with Gasteiger partial charge in [0.15, 0.2) is 5.69 Å². The molecule has 10 aromatic carbocycles. The lowest BCUT2D eigenvalue weighted by molar-refractivity contribution is -0.137. The lowest BCUT2D eigenvalue weighted by atomic mass is 9.97. The quantitative estimate of drug-likeness (QED) is 0.154. The second kappa shape index (κ2) is 14.8. The summed E-state index contributed by atoms with van der Waals surface area (Å²) in [6.07, 6.45) is -4.64. The molecule has 14 rings (SSSR count). The average Bonchev–Trinajstić information content (AvgIpc) is 4.11. The molecule has 0 radical (unpaired) electrons. The van der Waals surface area contributed by atoms with Gasteiger partial charge in [-0.15, -0.1) is 0 Å². The van der Waals surface area contributed by atoms with Crippen LogP contribution in [0.4, 0.5) is 18.9 Å². The van der Waals surface area contributed by atoms with Gasteiger partial charge >= 0.3 is 6.18 Å². The SMILES string of the molecule is [C-]#[N+]c1ccc(-c2cc(C(F)(F)F)ccc2-n2c3ccccc3c3cc4c5ccccc5n(-c5ccccc5)c4cc32)c(-n2c3ccccc3c3cc4c5ccccc5n(-c5ccccc5)c4cc32)c1. The van der Waals surface area contributed by atoms with Crippen LogP contribution in [-0.4, -0.2) is 18.3 Å². The van der Waals surface area contributed by atoms with Gasteiger partial charge in [0.05, 0.1) is 62.0 Å². The molecular weight excluding hydrogens is 872 g/mol. The molecule has 4 heterocycles. The van der Waals surface area contributed by atoms with E-state index >= 15 is 13.2 Å². The van der Waals surface area contributed by atoms with Crippen molar-refractivity contribution < 1.29 is 13.2 Å². The van der Waals surface area contributed by atoms with Gasteiger partial charge in [-0.2, -0.15) is 13.2 Å². The molecule has 0 spiro atoms. The van der Waals surface area contributed by atoms with Gasteiger partial charge < -0.3 is 18.3 Å².